The van der Waals surface area contributed by atoms with Gasteiger partial charge in [0.1, 0.15) is 0 Å². The monoisotopic (exact) mass is 385 g/mol. The molecular weight excluding hydrogens is 354 g/mol. The van der Waals surface area contributed by atoms with Crippen LogP contribution in [0.3, 0.4) is 0 Å². The fourth-order valence-electron chi connectivity index (χ4n) is 3.46. The van der Waals surface area contributed by atoms with Crippen LogP contribution < -0.4 is 15.5 Å². The van der Waals surface area contributed by atoms with Gasteiger partial charge in [0, 0.05) is 37.6 Å². The van der Waals surface area contributed by atoms with Crippen molar-refractivity contribution in [3.63, 3.8) is 0 Å². The van der Waals surface area contributed by atoms with Crippen LogP contribution in [0.1, 0.15) is 36.3 Å². The Morgan fingerprint density at radius 1 is 1.21 bits per heavy atom. The van der Waals surface area contributed by atoms with Crippen LogP contribution in [0.4, 0.5) is 10.5 Å². The predicted octanol–water partition coefficient (Wildman–Crippen LogP) is 2.79. The van der Waals surface area contributed by atoms with E-state index in [0.29, 0.717) is 6.54 Å². The highest BCUT2D eigenvalue weighted by Crippen LogP contribution is 2.20. The SMILES string of the molecule is Cc1cc(C)n(CCCNC(=O)NC(C)c2ccc(N3CCOCC3)cc2)n1. The summed E-state index contributed by atoms with van der Waals surface area (Å²) in [5.74, 6) is 0. The molecule has 1 unspecified atom stereocenters. The van der Waals surface area contributed by atoms with Gasteiger partial charge in [0.2, 0.25) is 0 Å². The van der Waals surface area contributed by atoms with E-state index in [9.17, 15) is 4.79 Å². The molecule has 1 atom stereocenters. The summed E-state index contributed by atoms with van der Waals surface area (Å²) in [6, 6.07) is 10.3. The third kappa shape index (κ3) is 5.48. The summed E-state index contributed by atoms with van der Waals surface area (Å²) in [5.41, 5.74) is 4.47. The molecule has 0 aliphatic carbocycles. The second-order valence-corrected chi connectivity index (χ2v) is 7.32. The Labute approximate surface area is 167 Å². The van der Waals surface area contributed by atoms with Crippen LogP contribution in [0, 0.1) is 13.8 Å². The molecule has 7 heteroatoms. The first-order valence-electron chi connectivity index (χ1n) is 10.0. The Morgan fingerprint density at radius 3 is 2.57 bits per heavy atom. The summed E-state index contributed by atoms with van der Waals surface area (Å²) in [6.45, 7) is 10.9. The van der Waals surface area contributed by atoms with Gasteiger partial charge in [-0.2, -0.15) is 5.10 Å². The van der Waals surface area contributed by atoms with Crippen molar-refractivity contribution in [3.05, 3.63) is 47.3 Å². The lowest BCUT2D eigenvalue weighted by Gasteiger charge is -2.29. The van der Waals surface area contributed by atoms with Gasteiger partial charge in [-0.1, -0.05) is 12.1 Å². The first kappa shape index (κ1) is 20.2. The standard InChI is InChI=1S/C21H31N5O2/c1-16-15-17(2)26(24-16)10-4-9-22-21(27)23-18(3)19-5-7-20(8-6-19)25-11-13-28-14-12-25/h5-8,15,18H,4,9-14H2,1-3H3,(H2,22,23,27). The number of nitrogens with one attached hydrogen (secondary N) is 2. The Bertz CT molecular complexity index is 766. The minimum atomic E-state index is -0.141. The molecule has 1 aliphatic heterocycles. The molecular formula is C21H31N5O2. The fourth-order valence-corrected chi connectivity index (χ4v) is 3.46. The summed E-state index contributed by atoms with van der Waals surface area (Å²) >= 11 is 0. The zero-order valence-electron chi connectivity index (χ0n) is 17.1. The zero-order chi connectivity index (χ0) is 19.9. The van der Waals surface area contributed by atoms with Gasteiger partial charge in [0.05, 0.1) is 24.9 Å². The maximum atomic E-state index is 12.2. The molecule has 0 radical (unpaired) electrons. The van der Waals surface area contributed by atoms with Crippen molar-refractivity contribution < 1.29 is 9.53 Å². The van der Waals surface area contributed by atoms with Gasteiger partial charge in [-0.05, 0) is 51.0 Å². The molecule has 28 heavy (non-hydrogen) atoms. The van der Waals surface area contributed by atoms with Gasteiger partial charge < -0.3 is 20.3 Å². The van der Waals surface area contributed by atoms with Gasteiger partial charge in [-0.3, -0.25) is 4.68 Å². The minimum Gasteiger partial charge on any atom is -0.378 e. The lowest BCUT2D eigenvalue weighted by Crippen LogP contribution is -2.38. The summed E-state index contributed by atoms with van der Waals surface area (Å²) in [5, 5.41) is 10.4. The first-order chi connectivity index (χ1) is 13.5. The molecule has 2 aromatic rings. The number of hydrogen-bond acceptors (Lipinski definition) is 4. The Morgan fingerprint density at radius 2 is 1.93 bits per heavy atom. The number of amides is 2. The summed E-state index contributed by atoms with van der Waals surface area (Å²) in [7, 11) is 0. The molecule has 3 rings (SSSR count). The highest BCUT2D eigenvalue weighted by Gasteiger charge is 2.13. The molecule has 1 saturated heterocycles. The molecule has 2 amide bonds. The van der Waals surface area contributed by atoms with E-state index in [4.69, 9.17) is 4.74 Å². The predicted molar refractivity (Wildman–Crippen MR) is 111 cm³/mol. The summed E-state index contributed by atoms with van der Waals surface area (Å²) < 4.78 is 7.38. The third-order valence-corrected chi connectivity index (χ3v) is 5.05. The Hall–Kier alpha value is -2.54. The number of aryl methyl sites for hydroxylation is 3. The topological polar surface area (TPSA) is 71.4 Å². The van der Waals surface area contributed by atoms with E-state index in [2.05, 4.69) is 51.0 Å². The number of benzene rings is 1. The molecule has 0 saturated carbocycles. The number of nitrogens with zero attached hydrogens (tertiary/aromatic N) is 3. The van der Waals surface area contributed by atoms with E-state index in [1.165, 1.54) is 5.69 Å². The van der Waals surface area contributed by atoms with Gasteiger partial charge in [0.15, 0.2) is 0 Å². The zero-order valence-corrected chi connectivity index (χ0v) is 17.1. The van der Waals surface area contributed by atoms with Crippen molar-refractivity contribution in [1.82, 2.24) is 20.4 Å². The van der Waals surface area contributed by atoms with Gasteiger partial charge >= 0.3 is 6.03 Å². The average molecular weight is 386 g/mol. The van der Waals surface area contributed by atoms with E-state index < -0.39 is 0 Å². The molecule has 152 valence electrons. The maximum Gasteiger partial charge on any atom is 0.315 e. The number of urea groups is 1. The molecule has 1 aromatic carbocycles. The van der Waals surface area contributed by atoms with Crippen molar-refractivity contribution in [3.8, 4) is 0 Å². The Balaban J connectivity index is 1.40. The molecule has 7 nitrogen and oxygen atoms in total. The molecule has 2 N–H and O–H groups in total. The smallest absolute Gasteiger partial charge is 0.315 e. The number of carbonyl (C=O) groups is 1. The number of aromatic nitrogens is 2. The van der Waals surface area contributed by atoms with Crippen molar-refractivity contribution in [2.24, 2.45) is 0 Å². The van der Waals surface area contributed by atoms with E-state index in [-0.39, 0.29) is 12.1 Å². The number of rotatable bonds is 7. The van der Waals surface area contributed by atoms with Crippen molar-refractivity contribution >= 4 is 11.7 Å². The Kier molecular flexibility index (Phi) is 6.92. The molecule has 1 aromatic heterocycles. The van der Waals surface area contributed by atoms with E-state index in [1.54, 1.807) is 0 Å². The van der Waals surface area contributed by atoms with Crippen molar-refractivity contribution in [2.45, 2.75) is 39.8 Å². The maximum absolute atomic E-state index is 12.2. The van der Waals surface area contributed by atoms with E-state index in [1.807, 2.05) is 25.5 Å². The number of anilines is 1. The number of ether oxygens (including phenoxy) is 1. The minimum absolute atomic E-state index is 0.0465. The van der Waals surface area contributed by atoms with Crippen LogP contribution in [-0.4, -0.2) is 48.7 Å². The second-order valence-electron chi connectivity index (χ2n) is 7.32. The fraction of sp³-hybridized carbons (Fsp3) is 0.524. The van der Waals surface area contributed by atoms with Gasteiger partial charge in [0.25, 0.3) is 0 Å². The number of carbonyl (C=O) groups excluding carboxylic acids is 1. The molecule has 2 heterocycles. The van der Waals surface area contributed by atoms with Crippen LogP contribution in [-0.2, 0) is 11.3 Å². The quantitative estimate of drug-likeness (QED) is 0.719. The lowest BCUT2D eigenvalue weighted by atomic mass is 10.1. The summed E-state index contributed by atoms with van der Waals surface area (Å²) in [6.07, 6.45) is 0.845. The summed E-state index contributed by atoms with van der Waals surface area (Å²) in [4.78, 5) is 14.5. The van der Waals surface area contributed by atoms with Crippen molar-refractivity contribution in [2.75, 3.05) is 37.7 Å². The van der Waals surface area contributed by atoms with Gasteiger partial charge in [-0.15, -0.1) is 0 Å². The molecule has 0 spiro atoms. The van der Waals surface area contributed by atoms with Crippen molar-refractivity contribution in [1.29, 1.82) is 0 Å². The lowest BCUT2D eigenvalue weighted by molar-refractivity contribution is 0.122. The van der Waals surface area contributed by atoms with Crippen LogP contribution >= 0.6 is 0 Å². The number of hydrogen-bond donors (Lipinski definition) is 2. The van der Waals surface area contributed by atoms with Crippen LogP contribution in [0.25, 0.3) is 0 Å². The van der Waals surface area contributed by atoms with Gasteiger partial charge in [-0.25, -0.2) is 4.79 Å². The van der Waals surface area contributed by atoms with E-state index in [0.717, 1.165) is 56.2 Å². The average Bonchev–Trinajstić information content (AvgIpc) is 3.03. The molecule has 1 aliphatic rings. The number of morpholine rings is 1. The molecule has 0 bridgehead atoms. The first-order valence-corrected chi connectivity index (χ1v) is 10.0. The highest BCUT2D eigenvalue weighted by atomic mass is 16.5. The van der Waals surface area contributed by atoms with E-state index >= 15 is 0 Å². The second kappa shape index (κ2) is 9.59. The van der Waals surface area contributed by atoms with Crippen LogP contribution in [0.2, 0.25) is 0 Å². The largest absolute Gasteiger partial charge is 0.378 e. The highest BCUT2D eigenvalue weighted by molar-refractivity contribution is 5.74. The molecule has 1 fully saturated rings. The normalized spacial score (nSPS) is 15.3. The third-order valence-electron chi connectivity index (χ3n) is 5.05. The van der Waals surface area contributed by atoms with Crippen LogP contribution in [0.15, 0.2) is 30.3 Å². The van der Waals surface area contributed by atoms with Crippen LogP contribution in [0.5, 0.6) is 0 Å².